The molecule has 110 valence electrons. The SMILES string of the molecule is COCCCS(=O)(=O)Nc1cccc(C=CC(=O)O)n1. The lowest BCUT2D eigenvalue weighted by Crippen LogP contribution is -2.18. The summed E-state index contributed by atoms with van der Waals surface area (Å²) in [4.78, 5) is 14.4. The molecule has 0 fully saturated rings. The molecule has 0 saturated heterocycles. The highest BCUT2D eigenvalue weighted by Crippen LogP contribution is 2.09. The molecule has 0 amide bonds. The number of carbonyl (C=O) groups is 1. The van der Waals surface area contributed by atoms with Crippen LogP contribution < -0.4 is 4.72 Å². The van der Waals surface area contributed by atoms with Crippen molar-refractivity contribution in [2.75, 3.05) is 24.2 Å². The average molecular weight is 300 g/mol. The number of nitrogens with one attached hydrogen (secondary N) is 1. The first kappa shape index (κ1) is 16.1. The number of sulfonamides is 1. The lowest BCUT2D eigenvalue weighted by molar-refractivity contribution is -0.131. The molecule has 1 heterocycles. The van der Waals surface area contributed by atoms with Gasteiger partial charge in [-0.05, 0) is 24.6 Å². The zero-order valence-electron chi connectivity index (χ0n) is 10.9. The van der Waals surface area contributed by atoms with Crippen molar-refractivity contribution in [3.05, 3.63) is 30.0 Å². The molecular weight excluding hydrogens is 284 g/mol. The summed E-state index contributed by atoms with van der Waals surface area (Å²) in [5.41, 5.74) is 0.351. The fourth-order valence-electron chi connectivity index (χ4n) is 1.36. The number of hydrogen-bond acceptors (Lipinski definition) is 5. The number of aliphatic carboxylic acids is 1. The minimum absolute atomic E-state index is 0.0717. The van der Waals surface area contributed by atoms with Gasteiger partial charge in [0.25, 0.3) is 0 Å². The summed E-state index contributed by atoms with van der Waals surface area (Å²) in [7, 11) is -1.99. The standard InChI is InChI=1S/C12H16N2O5S/c1-19-8-3-9-20(17,18)14-11-5-2-4-10(13-11)6-7-12(15)16/h2,4-7H,3,8-9H2,1H3,(H,13,14)(H,15,16). The van der Waals surface area contributed by atoms with Gasteiger partial charge >= 0.3 is 5.97 Å². The van der Waals surface area contributed by atoms with E-state index in [0.717, 1.165) is 6.08 Å². The zero-order valence-corrected chi connectivity index (χ0v) is 11.8. The Hall–Kier alpha value is -1.93. The van der Waals surface area contributed by atoms with Crippen LogP contribution in [0.4, 0.5) is 5.82 Å². The molecule has 0 aliphatic heterocycles. The van der Waals surface area contributed by atoms with E-state index in [9.17, 15) is 13.2 Å². The summed E-state index contributed by atoms with van der Waals surface area (Å²) in [5.74, 6) is -1.02. The molecule has 0 radical (unpaired) electrons. The molecule has 0 atom stereocenters. The fourth-order valence-corrected chi connectivity index (χ4v) is 2.39. The van der Waals surface area contributed by atoms with Crippen molar-refractivity contribution >= 4 is 27.9 Å². The number of aromatic nitrogens is 1. The first-order valence-corrected chi connectivity index (χ1v) is 7.45. The second-order valence-electron chi connectivity index (χ2n) is 3.89. The quantitative estimate of drug-likeness (QED) is 0.547. The molecule has 1 rings (SSSR count). The highest BCUT2D eigenvalue weighted by atomic mass is 32.2. The van der Waals surface area contributed by atoms with Crippen LogP contribution in [0.5, 0.6) is 0 Å². The molecule has 1 aromatic rings. The molecule has 0 aromatic carbocycles. The Morgan fingerprint density at radius 1 is 1.50 bits per heavy atom. The number of carboxylic acid groups (broad SMARTS) is 1. The topological polar surface area (TPSA) is 106 Å². The third-order valence-electron chi connectivity index (χ3n) is 2.19. The van der Waals surface area contributed by atoms with E-state index in [4.69, 9.17) is 9.84 Å². The predicted molar refractivity (Wildman–Crippen MR) is 74.8 cm³/mol. The Balaban J connectivity index is 2.72. The van der Waals surface area contributed by atoms with Gasteiger partial charge in [0, 0.05) is 19.8 Å². The van der Waals surface area contributed by atoms with Gasteiger partial charge in [0.2, 0.25) is 10.0 Å². The zero-order chi connectivity index (χ0) is 15.0. The number of anilines is 1. The van der Waals surface area contributed by atoms with Gasteiger partial charge in [0.05, 0.1) is 11.4 Å². The largest absolute Gasteiger partial charge is 0.478 e. The normalized spacial score (nSPS) is 11.7. The minimum Gasteiger partial charge on any atom is -0.478 e. The van der Waals surface area contributed by atoms with E-state index in [1.165, 1.54) is 19.3 Å². The van der Waals surface area contributed by atoms with Crippen LogP contribution in [0, 0.1) is 0 Å². The third kappa shape index (κ3) is 6.30. The first-order valence-electron chi connectivity index (χ1n) is 5.80. The van der Waals surface area contributed by atoms with Gasteiger partial charge in [0.1, 0.15) is 5.82 Å². The molecule has 0 bridgehead atoms. The van der Waals surface area contributed by atoms with Gasteiger partial charge in [-0.15, -0.1) is 0 Å². The van der Waals surface area contributed by atoms with Crippen molar-refractivity contribution in [3.8, 4) is 0 Å². The summed E-state index contributed by atoms with van der Waals surface area (Å²) in [5, 5.41) is 8.51. The number of hydrogen-bond donors (Lipinski definition) is 2. The lowest BCUT2D eigenvalue weighted by atomic mass is 10.3. The van der Waals surface area contributed by atoms with Crippen molar-refractivity contribution in [3.63, 3.8) is 0 Å². The van der Waals surface area contributed by atoms with Crippen LogP contribution in [0.15, 0.2) is 24.3 Å². The van der Waals surface area contributed by atoms with Crippen LogP contribution in [0.1, 0.15) is 12.1 Å². The maximum Gasteiger partial charge on any atom is 0.328 e. The number of carboxylic acids is 1. The van der Waals surface area contributed by atoms with Crippen molar-refractivity contribution in [2.24, 2.45) is 0 Å². The van der Waals surface area contributed by atoms with Crippen LogP contribution >= 0.6 is 0 Å². The van der Waals surface area contributed by atoms with E-state index in [2.05, 4.69) is 9.71 Å². The highest BCUT2D eigenvalue weighted by molar-refractivity contribution is 7.92. The van der Waals surface area contributed by atoms with Crippen LogP contribution in [-0.4, -0.2) is 43.9 Å². The lowest BCUT2D eigenvalue weighted by Gasteiger charge is -2.07. The molecule has 0 aliphatic rings. The number of ether oxygens (including phenoxy) is 1. The van der Waals surface area contributed by atoms with Crippen molar-refractivity contribution < 1.29 is 23.1 Å². The van der Waals surface area contributed by atoms with E-state index in [1.54, 1.807) is 12.1 Å². The molecule has 2 N–H and O–H groups in total. The summed E-state index contributed by atoms with van der Waals surface area (Å²) in [6.45, 7) is 0.357. The Morgan fingerprint density at radius 3 is 2.90 bits per heavy atom. The number of pyridine rings is 1. The molecule has 8 heteroatoms. The van der Waals surface area contributed by atoms with Crippen molar-refractivity contribution in [2.45, 2.75) is 6.42 Å². The van der Waals surface area contributed by atoms with E-state index in [1.807, 2.05) is 0 Å². The fraction of sp³-hybridized carbons (Fsp3) is 0.333. The van der Waals surface area contributed by atoms with Gasteiger partial charge in [-0.25, -0.2) is 18.2 Å². The molecule has 7 nitrogen and oxygen atoms in total. The summed E-state index contributed by atoms with van der Waals surface area (Å²) in [6, 6.07) is 4.65. The van der Waals surface area contributed by atoms with E-state index < -0.39 is 16.0 Å². The van der Waals surface area contributed by atoms with E-state index >= 15 is 0 Å². The minimum atomic E-state index is -3.49. The van der Waals surface area contributed by atoms with Gasteiger partial charge in [0.15, 0.2) is 0 Å². The van der Waals surface area contributed by atoms with Crippen LogP contribution in [0.3, 0.4) is 0 Å². The number of rotatable bonds is 8. The Kier molecular flexibility index (Phi) is 6.13. The molecule has 0 saturated carbocycles. The maximum absolute atomic E-state index is 11.7. The van der Waals surface area contributed by atoms with Crippen LogP contribution in [-0.2, 0) is 19.6 Å². The van der Waals surface area contributed by atoms with Gasteiger partial charge in [-0.2, -0.15) is 0 Å². The predicted octanol–water partition coefficient (Wildman–Crippen LogP) is 0.958. The maximum atomic E-state index is 11.7. The second kappa shape index (κ2) is 7.61. The molecule has 1 aromatic heterocycles. The summed E-state index contributed by atoms with van der Waals surface area (Å²) in [6.07, 6.45) is 2.59. The van der Waals surface area contributed by atoms with Gasteiger partial charge in [-0.3, -0.25) is 4.72 Å². The average Bonchev–Trinajstić information content (AvgIpc) is 2.36. The number of nitrogens with zero attached hydrogens (tertiary/aromatic N) is 1. The van der Waals surface area contributed by atoms with E-state index in [-0.39, 0.29) is 11.6 Å². The van der Waals surface area contributed by atoms with Crippen LogP contribution in [0.25, 0.3) is 6.08 Å². The monoisotopic (exact) mass is 300 g/mol. The molecule has 0 spiro atoms. The van der Waals surface area contributed by atoms with Crippen LogP contribution in [0.2, 0.25) is 0 Å². The smallest absolute Gasteiger partial charge is 0.328 e. The van der Waals surface area contributed by atoms with Gasteiger partial charge in [-0.1, -0.05) is 6.07 Å². The van der Waals surface area contributed by atoms with Crippen molar-refractivity contribution in [1.29, 1.82) is 0 Å². The van der Waals surface area contributed by atoms with Gasteiger partial charge < -0.3 is 9.84 Å². The molecule has 0 unspecified atom stereocenters. The Bertz CT molecular complexity index is 583. The van der Waals surface area contributed by atoms with Crippen molar-refractivity contribution in [1.82, 2.24) is 4.98 Å². The summed E-state index contributed by atoms with van der Waals surface area (Å²) < 4.78 is 30.6. The molecule has 0 aliphatic carbocycles. The second-order valence-corrected chi connectivity index (χ2v) is 5.73. The Labute approximate surface area is 117 Å². The number of methoxy groups -OCH3 is 1. The highest BCUT2D eigenvalue weighted by Gasteiger charge is 2.10. The molecular formula is C12H16N2O5S. The van der Waals surface area contributed by atoms with E-state index in [0.29, 0.717) is 18.7 Å². The Morgan fingerprint density at radius 2 is 2.25 bits per heavy atom. The summed E-state index contributed by atoms with van der Waals surface area (Å²) >= 11 is 0. The molecule has 20 heavy (non-hydrogen) atoms. The first-order chi connectivity index (χ1) is 9.43. The third-order valence-corrected chi connectivity index (χ3v) is 3.54.